The van der Waals surface area contributed by atoms with Crippen LogP contribution in [0.4, 0.5) is 0 Å². The Balaban J connectivity index is 1.80. The molecule has 0 aromatic heterocycles. The number of halogens is 2. The van der Waals surface area contributed by atoms with Crippen LogP contribution >= 0.6 is 23.2 Å². The average molecular weight is 477 g/mol. The van der Waals surface area contributed by atoms with Gasteiger partial charge < -0.3 is 0 Å². The number of hydrogen-bond acceptors (Lipinski definition) is 2. The van der Waals surface area contributed by atoms with Gasteiger partial charge >= 0.3 is 176 Å². The van der Waals surface area contributed by atoms with Crippen LogP contribution in [-0.4, -0.2) is 0 Å². The first-order valence-corrected chi connectivity index (χ1v) is 14.0. The van der Waals surface area contributed by atoms with Crippen molar-refractivity contribution >= 4 is 23.2 Å². The third kappa shape index (κ3) is 4.16. The summed E-state index contributed by atoms with van der Waals surface area (Å²) < 4.78 is 15.9. The second-order valence-electron chi connectivity index (χ2n) is 6.38. The Morgan fingerprint density at radius 3 is 1.56 bits per heavy atom. The summed E-state index contributed by atoms with van der Waals surface area (Å²) >= 11 is 8.46. The summed E-state index contributed by atoms with van der Waals surface area (Å²) in [4.78, 5) is 0. The first kappa shape index (κ1) is 18.8. The van der Waals surface area contributed by atoms with Gasteiger partial charge in [0.2, 0.25) is 0 Å². The zero-order valence-electron chi connectivity index (χ0n) is 14.6. The Bertz CT molecular complexity index is 896. The van der Waals surface area contributed by atoms with Crippen molar-refractivity contribution < 1.29 is 26.8 Å². The molecule has 4 rings (SSSR count). The van der Waals surface area contributed by atoms with Gasteiger partial charge in [0.15, 0.2) is 0 Å². The fourth-order valence-electron chi connectivity index (χ4n) is 3.26. The van der Waals surface area contributed by atoms with E-state index in [1.807, 2.05) is 48.5 Å². The molecular formula is C22H18Cl2O2Zr. The molecule has 0 saturated carbocycles. The summed E-state index contributed by atoms with van der Waals surface area (Å²) in [5, 5.41) is 1.29. The molecule has 0 amide bonds. The Kier molecular flexibility index (Phi) is 5.73. The van der Waals surface area contributed by atoms with E-state index in [9.17, 15) is 0 Å². The molecule has 0 fully saturated rings. The third-order valence-electron chi connectivity index (χ3n) is 4.50. The van der Waals surface area contributed by atoms with Gasteiger partial charge in [-0.15, -0.1) is 0 Å². The van der Waals surface area contributed by atoms with Gasteiger partial charge in [-0.2, -0.15) is 0 Å². The number of hydrogen-bond donors (Lipinski definition) is 0. The minimum absolute atomic E-state index is 0.646. The molecule has 0 heterocycles. The topological polar surface area (TPSA) is 18.5 Å². The molecule has 0 saturated heterocycles. The maximum atomic E-state index is 6.74. The number of allylic oxidation sites excluding steroid dienone is 8. The van der Waals surface area contributed by atoms with Gasteiger partial charge in [0.05, 0.1) is 0 Å². The summed E-state index contributed by atoms with van der Waals surface area (Å²) in [6, 6.07) is 15.1. The van der Waals surface area contributed by atoms with Crippen LogP contribution in [0.15, 0.2) is 91.5 Å². The molecule has 136 valence electrons. The monoisotopic (exact) mass is 474 g/mol. The van der Waals surface area contributed by atoms with Gasteiger partial charge in [0.1, 0.15) is 0 Å². The first-order valence-electron chi connectivity index (χ1n) is 8.77. The summed E-state index contributed by atoms with van der Waals surface area (Å²) in [5.41, 5.74) is 0. The summed E-state index contributed by atoms with van der Waals surface area (Å²) in [6.07, 6.45) is 14.4. The fraction of sp³-hybridized carbons (Fsp3) is 0.0909. The molecule has 0 atom stereocenters. The summed E-state index contributed by atoms with van der Waals surface area (Å²) in [7, 11) is 0. The molecule has 0 N–H and O–H groups in total. The van der Waals surface area contributed by atoms with E-state index < -0.39 is 21.1 Å². The van der Waals surface area contributed by atoms with E-state index in [0.29, 0.717) is 10.0 Å². The zero-order valence-corrected chi connectivity index (χ0v) is 18.5. The molecule has 0 spiro atoms. The van der Waals surface area contributed by atoms with Gasteiger partial charge in [0, 0.05) is 0 Å². The molecule has 2 aromatic carbocycles. The van der Waals surface area contributed by atoms with E-state index >= 15 is 0 Å². The van der Waals surface area contributed by atoms with Crippen LogP contribution in [0.1, 0.15) is 12.8 Å². The number of benzene rings is 2. The van der Waals surface area contributed by atoms with E-state index in [4.69, 9.17) is 28.8 Å². The van der Waals surface area contributed by atoms with E-state index in [1.54, 1.807) is 0 Å². The van der Waals surface area contributed by atoms with E-state index in [0.717, 1.165) is 24.3 Å². The molecule has 2 aromatic rings. The fourth-order valence-corrected chi connectivity index (χ4v) is 11.7. The predicted octanol–water partition coefficient (Wildman–Crippen LogP) is 7.12. The quantitative estimate of drug-likeness (QED) is 0.442. The molecule has 0 unspecified atom stereocenters. The average Bonchev–Trinajstić information content (AvgIpc) is 3.36. The Labute approximate surface area is 175 Å². The van der Waals surface area contributed by atoms with Gasteiger partial charge in [0.25, 0.3) is 0 Å². The summed E-state index contributed by atoms with van der Waals surface area (Å²) in [5.74, 6) is 1.47. The van der Waals surface area contributed by atoms with Crippen molar-refractivity contribution in [1.82, 2.24) is 0 Å². The Hall–Kier alpha value is -1.54. The van der Waals surface area contributed by atoms with Crippen molar-refractivity contribution in [2.45, 2.75) is 12.8 Å². The number of rotatable bonds is 6. The molecule has 0 radical (unpaired) electrons. The molecule has 0 bridgehead atoms. The molecule has 27 heavy (non-hydrogen) atoms. The SMILES string of the molecule is Clc1cccc([O][Zr]([O]c2cccc(Cl)c2)([C]2=CC=CC2)[C]2=CC=CC2)c1. The van der Waals surface area contributed by atoms with Crippen LogP contribution in [-0.2, 0) is 21.1 Å². The van der Waals surface area contributed by atoms with Crippen LogP contribution in [0.3, 0.4) is 0 Å². The molecule has 2 aliphatic rings. The Morgan fingerprint density at radius 2 is 1.19 bits per heavy atom. The zero-order chi connectivity index (χ0) is 18.7. The Morgan fingerprint density at radius 1 is 0.704 bits per heavy atom. The van der Waals surface area contributed by atoms with Crippen LogP contribution in [0, 0.1) is 0 Å². The minimum atomic E-state index is -3.95. The second kappa shape index (κ2) is 8.23. The van der Waals surface area contributed by atoms with Crippen molar-refractivity contribution in [2.24, 2.45) is 0 Å². The normalized spacial score (nSPS) is 15.6. The summed E-state index contributed by atoms with van der Waals surface area (Å²) in [6.45, 7) is 0. The van der Waals surface area contributed by atoms with Gasteiger partial charge in [-0.25, -0.2) is 0 Å². The second-order valence-corrected chi connectivity index (χ2v) is 14.4. The predicted molar refractivity (Wildman–Crippen MR) is 108 cm³/mol. The van der Waals surface area contributed by atoms with Gasteiger partial charge in [-0.1, -0.05) is 0 Å². The standard InChI is InChI=1S/2C6H5ClO.2C5H5.Zr/c2*7-5-2-1-3-6(8)4-5;2*1-2-4-5-3-1;/h2*1-4,8H;2*1-3H,4H2;/q;;;;+2/p-2. The van der Waals surface area contributed by atoms with Crippen LogP contribution < -0.4 is 5.63 Å². The van der Waals surface area contributed by atoms with Crippen LogP contribution in [0.25, 0.3) is 0 Å². The van der Waals surface area contributed by atoms with Crippen LogP contribution in [0.2, 0.25) is 10.0 Å². The van der Waals surface area contributed by atoms with Gasteiger partial charge in [-0.05, 0) is 0 Å². The molecule has 2 nitrogen and oxygen atoms in total. The van der Waals surface area contributed by atoms with Crippen molar-refractivity contribution in [3.05, 3.63) is 102 Å². The van der Waals surface area contributed by atoms with Crippen molar-refractivity contribution in [3.8, 4) is 11.5 Å². The molecule has 0 aliphatic heterocycles. The van der Waals surface area contributed by atoms with E-state index in [2.05, 4.69) is 36.5 Å². The first-order chi connectivity index (χ1) is 13.2. The van der Waals surface area contributed by atoms with E-state index in [1.165, 1.54) is 6.56 Å². The van der Waals surface area contributed by atoms with E-state index in [-0.39, 0.29) is 0 Å². The van der Waals surface area contributed by atoms with Crippen molar-refractivity contribution in [2.75, 3.05) is 0 Å². The molecular weight excluding hydrogens is 458 g/mol. The van der Waals surface area contributed by atoms with Crippen molar-refractivity contribution in [3.63, 3.8) is 0 Å². The van der Waals surface area contributed by atoms with Gasteiger partial charge in [-0.3, -0.25) is 0 Å². The maximum absolute atomic E-state index is 6.74. The van der Waals surface area contributed by atoms with Crippen LogP contribution in [0.5, 0.6) is 11.5 Å². The molecule has 2 aliphatic carbocycles. The van der Waals surface area contributed by atoms with Crippen molar-refractivity contribution in [1.29, 1.82) is 0 Å². The molecule has 5 heteroatoms. The third-order valence-corrected chi connectivity index (χ3v) is 13.5.